The number of hydrogen-bond donors (Lipinski definition) is 1. The Kier molecular flexibility index (Phi) is 4.49. The monoisotopic (exact) mass is 321 g/mol. The van der Waals surface area contributed by atoms with E-state index in [9.17, 15) is 9.90 Å². The van der Waals surface area contributed by atoms with Crippen LogP contribution < -0.4 is 0 Å². The van der Waals surface area contributed by atoms with Crippen LogP contribution in [0.5, 0.6) is 0 Å². The summed E-state index contributed by atoms with van der Waals surface area (Å²) in [6.45, 7) is 4.61. The van der Waals surface area contributed by atoms with Crippen LogP contribution in [0.25, 0.3) is 4.96 Å². The number of carbonyl (C=O) groups excluding carboxylic acids is 1. The second kappa shape index (κ2) is 6.38. The van der Waals surface area contributed by atoms with Gasteiger partial charge in [-0.1, -0.05) is 0 Å². The number of fused-ring (bicyclic) bond motifs is 1. The highest BCUT2D eigenvalue weighted by atomic mass is 32.1. The van der Waals surface area contributed by atoms with Crippen molar-refractivity contribution in [1.29, 1.82) is 0 Å². The van der Waals surface area contributed by atoms with E-state index in [2.05, 4.69) is 14.8 Å². The minimum absolute atomic E-state index is 0.208. The Labute approximate surface area is 134 Å². The molecule has 0 bridgehead atoms. The molecule has 22 heavy (non-hydrogen) atoms. The third-order valence-electron chi connectivity index (χ3n) is 4.31. The zero-order chi connectivity index (χ0) is 15.7. The lowest BCUT2D eigenvalue weighted by Gasteiger charge is -2.25. The first kappa shape index (κ1) is 15.5. The highest BCUT2D eigenvalue weighted by molar-refractivity contribution is 7.15. The van der Waals surface area contributed by atoms with Gasteiger partial charge in [0.25, 0.3) is 0 Å². The molecule has 0 saturated carbocycles. The third-order valence-corrected chi connectivity index (χ3v) is 5.20. The van der Waals surface area contributed by atoms with Crippen molar-refractivity contribution in [2.75, 3.05) is 6.54 Å². The standard InChI is InChI=1S/C16H23N3O2S/c1-11-9-19-14(10-22-16(19)17-11)5-6-15(21)18-7-3-4-13(18)8-12(2)20/h9-10,12-13,20H,3-8H2,1-2H3. The van der Waals surface area contributed by atoms with Gasteiger partial charge >= 0.3 is 0 Å². The van der Waals surface area contributed by atoms with E-state index < -0.39 is 0 Å². The van der Waals surface area contributed by atoms with Crippen LogP contribution >= 0.6 is 11.3 Å². The van der Waals surface area contributed by atoms with Gasteiger partial charge in [0.15, 0.2) is 4.96 Å². The number of likely N-dealkylation sites (tertiary alicyclic amines) is 1. The lowest BCUT2D eigenvalue weighted by Crippen LogP contribution is -2.37. The average molecular weight is 321 g/mol. The summed E-state index contributed by atoms with van der Waals surface area (Å²) >= 11 is 1.62. The first-order chi connectivity index (χ1) is 10.5. The van der Waals surface area contributed by atoms with E-state index in [1.165, 1.54) is 0 Å². The highest BCUT2D eigenvalue weighted by Crippen LogP contribution is 2.23. The third kappa shape index (κ3) is 3.17. The zero-order valence-electron chi connectivity index (χ0n) is 13.2. The van der Waals surface area contributed by atoms with Crippen LogP contribution in [0.2, 0.25) is 0 Å². The fourth-order valence-corrected chi connectivity index (χ4v) is 4.26. The Morgan fingerprint density at radius 3 is 3.18 bits per heavy atom. The zero-order valence-corrected chi connectivity index (χ0v) is 14.0. The lowest BCUT2D eigenvalue weighted by molar-refractivity contribution is -0.132. The molecule has 5 nitrogen and oxygen atoms in total. The molecule has 0 aliphatic carbocycles. The maximum absolute atomic E-state index is 12.5. The molecular weight excluding hydrogens is 298 g/mol. The van der Waals surface area contributed by atoms with Crippen molar-refractivity contribution < 1.29 is 9.90 Å². The number of thiazole rings is 1. The van der Waals surface area contributed by atoms with Gasteiger partial charge < -0.3 is 10.0 Å². The quantitative estimate of drug-likeness (QED) is 0.920. The molecule has 0 spiro atoms. The molecular formula is C16H23N3O2S. The van der Waals surface area contributed by atoms with E-state index in [4.69, 9.17) is 0 Å². The summed E-state index contributed by atoms with van der Waals surface area (Å²) in [4.78, 5) is 19.9. The van der Waals surface area contributed by atoms with E-state index in [0.29, 0.717) is 12.8 Å². The van der Waals surface area contributed by atoms with Gasteiger partial charge in [-0.05, 0) is 39.5 Å². The van der Waals surface area contributed by atoms with Gasteiger partial charge in [-0.2, -0.15) is 0 Å². The maximum atomic E-state index is 12.5. The molecule has 120 valence electrons. The molecule has 2 aromatic rings. The summed E-state index contributed by atoms with van der Waals surface area (Å²) in [5.74, 6) is 0.208. The van der Waals surface area contributed by atoms with Gasteiger partial charge in [0.05, 0.1) is 11.8 Å². The van der Waals surface area contributed by atoms with Gasteiger partial charge in [0.2, 0.25) is 5.91 Å². The summed E-state index contributed by atoms with van der Waals surface area (Å²) in [5.41, 5.74) is 2.16. The van der Waals surface area contributed by atoms with Crippen LogP contribution in [0.4, 0.5) is 0 Å². The fraction of sp³-hybridized carbons (Fsp3) is 0.625. The lowest BCUT2D eigenvalue weighted by atomic mass is 10.1. The Morgan fingerprint density at radius 2 is 2.41 bits per heavy atom. The summed E-state index contributed by atoms with van der Waals surface area (Å²) in [6, 6.07) is 0.213. The van der Waals surface area contributed by atoms with Gasteiger partial charge in [-0.15, -0.1) is 11.3 Å². The molecule has 1 amide bonds. The molecule has 0 radical (unpaired) electrons. The molecule has 2 atom stereocenters. The molecule has 3 rings (SSSR count). The Balaban J connectivity index is 1.62. The minimum Gasteiger partial charge on any atom is -0.393 e. The SMILES string of the molecule is Cc1cn2c(CCC(=O)N3CCCC3CC(C)O)csc2n1. The topological polar surface area (TPSA) is 57.8 Å². The van der Waals surface area contributed by atoms with Crippen molar-refractivity contribution in [3.05, 3.63) is 23.0 Å². The summed E-state index contributed by atoms with van der Waals surface area (Å²) < 4.78 is 2.09. The van der Waals surface area contributed by atoms with Crippen LogP contribution in [0, 0.1) is 6.92 Å². The average Bonchev–Trinajstić information content (AvgIpc) is 3.11. The van der Waals surface area contributed by atoms with Gasteiger partial charge in [-0.3, -0.25) is 9.20 Å². The fourth-order valence-electron chi connectivity index (χ4n) is 3.30. The molecule has 6 heteroatoms. The van der Waals surface area contributed by atoms with Crippen molar-refractivity contribution >= 4 is 22.2 Å². The molecule has 0 aromatic carbocycles. The first-order valence-electron chi connectivity index (χ1n) is 7.94. The molecule has 2 aromatic heterocycles. The van der Waals surface area contributed by atoms with E-state index in [0.717, 1.165) is 42.2 Å². The number of hydrogen-bond acceptors (Lipinski definition) is 4. The molecule has 2 unspecified atom stereocenters. The van der Waals surface area contributed by atoms with Crippen molar-refractivity contribution in [3.63, 3.8) is 0 Å². The van der Waals surface area contributed by atoms with E-state index in [1.54, 1.807) is 18.3 Å². The summed E-state index contributed by atoms with van der Waals surface area (Å²) in [7, 11) is 0. The van der Waals surface area contributed by atoms with Crippen molar-refractivity contribution in [2.24, 2.45) is 0 Å². The molecule has 1 aliphatic rings. The van der Waals surface area contributed by atoms with Crippen LogP contribution in [0.3, 0.4) is 0 Å². The number of imidazole rings is 1. The van der Waals surface area contributed by atoms with Crippen molar-refractivity contribution in [1.82, 2.24) is 14.3 Å². The molecule has 1 aliphatic heterocycles. The normalized spacial score (nSPS) is 20.0. The van der Waals surface area contributed by atoms with Gasteiger partial charge in [-0.25, -0.2) is 4.98 Å². The van der Waals surface area contributed by atoms with Crippen LogP contribution in [-0.4, -0.2) is 44.0 Å². The number of aliphatic hydroxyl groups excluding tert-OH is 1. The largest absolute Gasteiger partial charge is 0.393 e. The van der Waals surface area contributed by atoms with Crippen LogP contribution in [0.15, 0.2) is 11.6 Å². The summed E-state index contributed by atoms with van der Waals surface area (Å²) in [6.07, 6.45) is 5.70. The number of aliphatic hydroxyl groups is 1. The number of rotatable bonds is 5. The highest BCUT2D eigenvalue weighted by Gasteiger charge is 2.29. The predicted octanol–water partition coefficient (Wildman–Crippen LogP) is 2.40. The van der Waals surface area contributed by atoms with Gasteiger partial charge in [0, 0.05) is 36.3 Å². The minimum atomic E-state index is -0.344. The predicted molar refractivity (Wildman–Crippen MR) is 87.2 cm³/mol. The maximum Gasteiger partial charge on any atom is 0.223 e. The Hall–Kier alpha value is -1.40. The molecule has 1 N–H and O–H groups in total. The smallest absolute Gasteiger partial charge is 0.223 e. The molecule has 1 saturated heterocycles. The van der Waals surface area contributed by atoms with E-state index >= 15 is 0 Å². The number of aryl methyl sites for hydroxylation is 2. The van der Waals surface area contributed by atoms with E-state index in [-0.39, 0.29) is 18.1 Å². The summed E-state index contributed by atoms with van der Waals surface area (Å²) in [5, 5.41) is 11.7. The van der Waals surface area contributed by atoms with Crippen molar-refractivity contribution in [3.8, 4) is 0 Å². The Morgan fingerprint density at radius 1 is 1.59 bits per heavy atom. The second-order valence-corrected chi connectivity index (χ2v) is 7.07. The second-order valence-electron chi connectivity index (χ2n) is 6.23. The number of nitrogens with zero attached hydrogens (tertiary/aromatic N) is 3. The molecule has 1 fully saturated rings. The Bertz CT molecular complexity index is 661. The number of amides is 1. The number of aromatic nitrogens is 2. The van der Waals surface area contributed by atoms with Crippen LogP contribution in [-0.2, 0) is 11.2 Å². The van der Waals surface area contributed by atoms with Crippen molar-refractivity contribution in [2.45, 2.75) is 58.1 Å². The number of carbonyl (C=O) groups is 1. The van der Waals surface area contributed by atoms with Gasteiger partial charge in [0.1, 0.15) is 0 Å². The van der Waals surface area contributed by atoms with Crippen LogP contribution in [0.1, 0.15) is 44.0 Å². The first-order valence-corrected chi connectivity index (χ1v) is 8.82. The molecule has 3 heterocycles. The van der Waals surface area contributed by atoms with E-state index in [1.807, 2.05) is 18.0 Å².